The van der Waals surface area contributed by atoms with Crippen LogP contribution in [0.3, 0.4) is 0 Å². The smallest absolute Gasteiger partial charge is 0.139 e. The molecule has 0 unspecified atom stereocenters. The molecule has 0 saturated carbocycles. The molecule has 0 aliphatic carbocycles. The highest BCUT2D eigenvalue weighted by atomic mass is 16.3. The third kappa shape index (κ3) is 3.51. The van der Waals surface area contributed by atoms with Gasteiger partial charge in [0.2, 0.25) is 0 Å². The summed E-state index contributed by atoms with van der Waals surface area (Å²) in [4.78, 5) is 0. The lowest BCUT2D eigenvalue weighted by molar-refractivity contribution is 0.669. The van der Waals surface area contributed by atoms with E-state index in [-0.39, 0.29) is 0 Å². The number of hydrogen-bond acceptors (Lipinski definition) is 1. The largest absolute Gasteiger partial charge is 0.456 e. The molecule has 0 spiro atoms. The molecule has 192 valence electrons. The Morgan fingerprint density at radius 3 is 1.43 bits per heavy atom. The van der Waals surface area contributed by atoms with Crippen LogP contribution in [0.25, 0.3) is 76.5 Å². The van der Waals surface area contributed by atoms with Gasteiger partial charge in [-0.05, 0) is 78.8 Å². The van der Waals surface area contributed by atoms with Crippen LogP contribution in [-0.2, 0) is 0 Å². The summed E-state index contributed by atoms with van der Waals surface area (Å²) in [7, 11) is 11.4. The zero-order valence-electron chi connectivity index (χ0n) is 24.7. The second-order valence-electron chi connectivity index (χ2n) is 11.8. The molecule has 1 heterocycles. The standard InChI is InChI=1S/C36H27B5O/c37-32-31(33(38)35(40)36(41)34(32)39)30-24-11-5-3-9-22(24)29(23-10-4-6-12-25(23)30)20-13-14-21-26-15-18-7-1-2-8-19(18)16-28(26)42-27(21)17-20/h1-17H,37-41H2. The van der Waals surface area contributed by atoms with E-state index >= 15 is 0 Å². The predicted octanol–water partition coefficient (Wildman–Crippen LogP) is 1.67. The van der Waals surface area contributed by atoms with E-state index in [1.165, 1.54) is 81.9 Å². The second kappa shape index (κ2) is 9.23. The predicted molar refractivity (Wildman–Crippen MR) is 198 cm³/mol. The number of fused-ring (bicyclic) bond motifs is 6. The van der Waals surface area contributed by atoms with Crippen LogP contribution in [0.15, 0.2) is 108 Å². The Morgan fingerprint density at radius 2 is 0.833 bits per heavy atom. The SMILES string of the molecule is Bc1c(B)c(B)c(-c2c3ccccc3c(-c3ccc4c(c3)oc3cc5ccccc5cc34)c3ccccc23)c(B)c1B. The molecule has 0 radical (unpaired) electrons. The topological polar surface area (TPSA) is 13.1 Å². The van der Waals surface area contributed by atoms with Crippen molar-refractivity contribution in [2.75, 3.05) is 0 Å². The van der Waals surface area contributed by atoms with Crippen LogP contribution in [0.1, 0.15) is 0 Å². The van der Waals surface area contributed by atoms with Crippen molar-refractivity contribution in [3.63, 3.8) is 0 Å². The lowest BCUT2D eigenvalue weighted by Crippen LogP contribution is -2.55. The molecule has 7 aromatic carbocycles. The van der Waals surface area contributed by atoms with Crippen molar-refractivity contribution >= 4 is 121 Å². The first-order chi connectivity index (χ1) is 20.4. The van der Waals surface area contributed by atoms with Gasteiger partial charge in [-0.1, -0.05) is 89.8 Å². The number of benzene rings is 7. The molecule has 0 saturated heterocycles. The van der Waals surface area contributed by atoms with Crippen LogP contribution < -0.4 is 27.3 Å². The summed E-state index contributed by atoms with van der Waals surface area (Å²) in [6, 6.07) is 37.5. The molecule has 8 rings (SSSR count). The maximum absolute atomic E-state index is 6.51. The van der Waals surface area contributed by atoms with Gasteiger partial charge in [-0.2, -0.15) is 0 Å². The Balaban J connectivity index is 1.46. The first kappa shape index (κ1) is 25.2. The van der Waals surface area contributed by atoms with Gasteiger partial charge >= 0.3 is 0 Å². The highest BCUT2D eigenvalue weighted by molar-refractivity contribution is 6.69. The highest BCUT2D eigenvalue weighted by Gasteiger charge is 2.21. The van der Waals surface area contributed by atoms with Gasteiger partial charge in [-0.25, -0.2) is 0 Å². The van der Waals surface area contributed by atoms with Gasteiger partial charge < -0.3 is 4.42 Å². The molecular weight excluding hydrogens is 502 g/mol. The summed E-state index contributed by atoms with van der Waals surface area (Å²) in [5.74, 6) is 0. The van der Waals surface area contributed by atoms with Gasteiger partial charge in [0.05, 0.1) is 0 Å². The molecule has 0 N–H and O–H groups in total. The fraction of sp³-hybridized carbons (Fsp3) is 0. The third-order valence-electron chi connectivity index (χ3n) is 9.81. The average Bonchev–Trinajstić information content (AvgIpc) is 3.37. The quantitative estimate of drug-likeness (QED) is 0.245. The number of rotatable bonds is 2. The van der Waals surface area contributed by atoms with Gasteiger partial charge in [0.25, 0.3) is 0 Å². The summed E-state index contributed by atoms with van der Waals surface area (Å²) in [5, 5.41) is 9.86. The molecule has 0 amide bonds. The Bertz CT molecular complexity index is 2340. The van der Waals surface area contributed by atoms with E-state index in [1.54, 1.807) is 0 Å². The van der Waals surface area contributed by atoms with Gasteiger partial charge in [0, 0.05) is 10.8 Å². The van der Waals surface area contributed by atoms with Crippen LogP contribution in [0.4, 0.5) is 0 Å². The van der Waals surface area contributed by atoms with Crippen molar-refractivity contribution in [2.24, 2.45) is 0 Å². The van der Waals surface area contributed by atoms with Crippen LogP contribution in [-0.4, -0.2) is 39.2 Å². The van der Waals surface area contributed by atoms with E-state index in [0.717, 1.165) is 21.9 Å². The molecule has 1 nitrogen and oxygen atoms in total. The zero-order chi connectivity index (χ0) is 28.7. The van der Waals surface area contributed by atoms with Crippen molar-refractivity contribution in [1.82, 2.24) is 0 Å². The van der Waals surface area contributed by atoms with E-state index in [0.29, 0.717) is 0 Å². The fourth-order valence-electron chi connectivity index (χ4n) is 7.20. The molecule has 1 aromatic heterocycles. The molecule has 0 aliphatic rings. The molecule has 6 heteroatoms. The van der Waals surface area contributed by atoms with E-state index in [9.17, 15) is 0 Å². The van der Waals surface area contributed by atoms with E-state index in [4.69, 9.17) is 4.42 Å². The molecule has 0 fully saturated rings. The molecule has 42 heavy (non-hydrogen) atoms. The van der Waals surface area contributed by atoms with Crippen LogP contribution in [0.2, 0.25) is 0 Å². The molecule has 0 atom stereocenters. The first-order valence-corrected chi connectivity index (χ1v) is 14.8. The summed E-state index contributed by atoms with van der Waals surface area (Å²) in [6.07, 6.45) is 0. The van der Waals surface area contributed by atoms with Crippen molar-refractivity contribution in [1.29, 1.82) is 0 Å². The molecule has 0 bridgehead atoms. The molecule has 0 aliphatic heterocycles. The van der Waals surface area contributed by atoms with Gasteiger partial charge in [0.15, 0.2) is 0 Å². The Kier molecular flexibility index (Phi) is 5.53. The van der Waals surface area contributed by atoms with Crippen molar-refractivity contribution in [2.45, 2.75) is 0 Å². The third-order valence-corrected chi connectivity index (χ3v) is 9.81. The van der Waals surface area contributed by atoms with Crippen molar-refractivity contribution < 1.29 is 4.42 Å². The number of hydrogen-bond donors (Lipinski definition) is 0. The summed E-state index contributed by atoms with van der Waals surface area (Å²) >= 11 is 0. The lowest BCUT2D eigenvalue weighted by atomic mass is 9.59. The minimum Gasteiger partial charge on any atom is -0.456 e. The second-order valence-corrected chi connectivity index (χ2v) is 11.8. The van der Waals surface area contributed by atoms with Gasteiger partial charge in [-0.15, -0.1) is 16.4 Å². The van der Waals surface area contributed by atoms with E-state index in [2.05, 4.69) is 142 Å². The monoisotopic (exact) mass is 530 g/mol. The Labute approximate surface area is 250 Å². The summed E-state index contributed by atoms with van der Waals surface area (Å²) < 4.78 is 6.51. The van der Waals surface area contributed by atoms with E-state index < -0.39 is 0 Å². The van der Waals surface area contributed by atoms with Crippen LogP contribution >= 0.6 is 0 Å². The zero-order valence-corrected chi connectivity index (χ0v) is 24.7. The summed E-state index contributed by atoms with van der Waals surface area (Å²) in [5.41, 5.74) is 13.9. The Morgan fingerprint density at radius 1 is 0.357 bits per heavy atom. The maximum atomic E-state index is 6.51. The fourth-order valence-corrected chi connectivity index (χ4v) is 7.20. The van der Waals surface area contributed by atoms with Gasteiger partial charge in [0.1, 0.15) is 50.4 Å². The van der Waals surface area contributed by atoms with E-state index in [1.807, 2.05) is 0 Å². The first-order valence-electron chi connectivity index (χ1n) is 14.8. The minimum absolute atomic E-state index is 0.923. The van der Waals surface area contributed by atoms with Crippen molar-refractivity contribution in [3.8, 4) is 22.3 Å². The normalized spacial score (nSPS) is 11.8. The number of furan rings is 1. The van der Waals surface area contributed by atoms with Crippen LogP contribution in [0, 0.1) is 0 Å². The van der Waals surface area contributed by atoms with Gasteiger partial charge in [-0.3, -0.25) is 0 Å². The minimum atomic E-state index is 0.923. The van der Waals surface area contributed by atoms with Crippen molar-refractivity contribution in [3.05, 3.63) is 103 Å². The average molecular weight is 530 g/mol. The highest BCUT2D eigenvalue weighted by Crippen LogP contribution is 2.44. The Hall–Kier alpha value is -4.56. The lowest BCUT2D eigenvalue weighted by Gasteiger charge is -2.24. The van der Waals surface area contributed by atoms with Crippen LogP contribution in [0.5, 0.6) is 0 Å². The molecular formula is C36H27B5O. The molecule has 8 aromatic rings. The maximum Gasteiger partial charge on any atom is 0.139 e. The summed E-state index contributed by atoms with van der Waals surface area (Å²) in [6.45, 7) is 0.